The molecule has 2 bridgehead atoms. The molecule has 1 spiro atoms. The van der Waals surface area contributed by atoms with Crippen LogP contribution in [0.3, 0.4) is 0 Å². The Kier molecular flexibility index (Phi) is 2.27. The Morgan fingerprint density at radius 3 is 2.73 bits per heavy atom. The Labute approximate surface area is 130 Å². The lowest BCUT2D eigenvalue weighted by atomic mass is 9.62. The normalized spacial score (nSPS) is 32.1. The van der Waals surface area contributed by atoms with Crippen molar-refractivity contribution < 1.29 is 4.79 Å². The Morgan fingerprint density at radius 1 is 1.05 bits per heavy atom. The number of ketones is 1. The molecule has 0 heterocycles. The highest BCUT2D eigenvalue weighted by atomic mass is 16.1. The molecule has 3 aliphatic carbocycles. The number of benzene rings is 2. The lowest BCUT2D eigenvalue weighted by Crippen LogP contribution is -2.43. The monoisotopic (exact) mass is 289 g/mol. The summed E-state index contributed by atoms with van der Waals surface area (Å²) in [6, 6.07) is 10.6. The lowest BCUT2D eigenvalue weighted by Gasteiger charge is -2.39. The van der Waals surface area contributed by atoms with Crippen LogP contribution in [0.15, 0.2) is 42.5 Å². The molecule has 3 atom stereocenters. The average Bonchev–Trinajstić information content (AvgIpc) is 3.12. The van der Waals surface area contributed by atoms with Crippen molar-refractivity contribution in [1.29, 1.82) is 0 Å². The predicted octanol–water partition coefficient (Wildman–Crippen LogP) is 3.77. The highest BCUT2D eigenvalue weighted by Gasteiger charge is 2.55. The van der Waals surface area contributed by atoms with E-state index >= 15 is 0 Å². The van der Waals surface area contributed by atoms with Gasteiger partial charge >= 0.3 is 0 Å². The van der Waals surface area contributed by atoms with Gasteiger partial charge in [-0.25, -0.2) is 0 Å². The van der Waals surface area contributed by atoms with E-state index in [0.29, 0.717) is 24.0 Å². The minimum Gasteiger partial charge on any atom is -0.399 e. The van der Waals surface area contributed by atoms with Crippen molar-refractivity contribution in [2.24, 2.45) is 11.8 Å². The molecule has 1 saturated carbocycles. The minimum atomic E-state index is -0.244. The second-order valence-electron chi connectivity index (χ2n) is 7.20. The SMILES string of the molecule is Nc1ccc2cc3c(cc2c1)C1(CC2C=CC1C2)C(=O)CC3. The summed E-state index contributed by atoms with van der Waals surface area (Å²) in [5.41, 5.74) is 9.16. The molecule has 22 heavy (non-hydrogen) atoms. The third-order valence-electron chi connectivity index (χ3n) is 6.08. The number of fused-ring (bicyclic) bond motifs is 6. The largest absolute Gasteiger partial charge is 0.399 e. The molecule has 3 unspecified atom stereocenters. The quantitative estimate of drug-likeness (QED) is 0.592. The summed E-state index contributed by atoms with van der Waals surface area (Å²) < 4.78 is 0. The first-order valence-electron chi connectivity index (χ1n) is 8.21. The van der Waals surface area contributed by atoms with Gasteiger partial charge in [0, 0.05) is 12.1 Å². The van der Waals surface area contributed by atoms with E-state index in [4.69, 9.17) is 5.73 Å². The molecule has 110 valence electrons. The number of carbonyl (C=O) groups excluding carboxylic acids is 1. The minimum absolute atomic E-state index is 0.244. The van der Waals surface area contributed by atoms with Gasteiger partial charge in [0.1, 0.15) is 5.78 Å². The zero-order valence-electron chi connectivity index (χ0n) is 12.5. The Bertz CT molecular complexity index is 850. The number of nitrogens with two attached hydrogens (primary N) is 1. The maximum absolute atomic E-state index is 12.9. The number of allylic oxidation sites excluding steroid dienone is 2. The molecule has 0 aliphatic heterocycles. The van der Waals surface area contributed by atoms with Crippen molar-refractivity contribution in [2.45, 2.75) is 31.1 Å². The average molecular weight is 289 g/mol. The van der Waals surface area contributed by atoms with Gasteiger partial charge in [0.25, 0.3) is 0 Å². The molecule has 2 aromatic rings. The fourth-order valence-electron chi connectivity index (χ4n) is 5.09. The Hall–Kier alpha value is -2.09. The van der Waals surface area contributed by atoms with Crippen LogP contribution in [-0.4, -0.2) is 5.78 Å². The highest BCUT2D eigenvalue weighted by Crippen LogP contribution is 2.57. The maximum atomic E-state index is 12.9. The van der Waals surface area contributed by atoms with Crippen LogP contribution >= 0.6 is 0 Å². The third-order valence-corrected chi connectivity index (χ3v) is 6.08. The van der Waals surface area contributed by atoms with E-state index in [1.54, 1.807) is 0 Å². The standard InChI is InChI=1S/C20H19NO/c21-17-5-2-13-8-14-3-6-19(22)20(18(14)10-15(13)9-17)11-12-1-4-16(20)7-12/h1-2,4-5,8-10,12,16H,3,6-7,11,21H2. The summed E-state index contributed by atoms with van der Waals surface area (Å²) in [5.74, 6) is 1.46. The molecule has 5 rings (SSSR count). The van der Waals surface area contributed by atoms with Crippen molar-refractivity contribution in [3.8, 4) is 0 Å². The van der Waals surface area contributed by atoms with E-state index in [1.807, 2.05) is 12.1 Å². The van der Waals surface area contributed by atoms with Gasteiger partial charge in [-0.05, 0) is 71.2 Å². The number of aryl methyl sites for hydroxylation is 1. The van der Waals surface area contributed by atoms with E-state index in [9.17, 15) is 4.79 Å². The van der Waals surface area contributed by atoms with Gasteiger partial charge in [0.05, 0.1) is 5.41 Å². The van der Waals surface area contributed by atoms with E-state index in [1.165, 1.54) is 21.9 Å². The predicted molar refractivity (Wildman–Crippen MR) is 88.7 cm³/mol. The van der Waals surface area contributed by atoms with Gasteiger partial charge in [0.15, 0.2) is 0 Å². The fraction of sp³-hybridized carbons (Fsp3) is 0.350. The molecule has 2 nitrogen and oxygen atoms in total. The van der Waals surface area contributed by atoms with Crippen molar-refractivity contribution in [2.75, 3.05) is 5.73 Å². The van der Waals surface area contributed by atoms with E-state index < -0.39 is 0 Å². The molecule has 0 saturated heterocycles. The van der Waals surface area contributed by atoms with Crippen LogP contribution in [0.5, 0.6) is 0 Å². The summed E-state index contributed by atoms with van der Waals surface area (Å²) in [5, 5.41) is 2.40. The fourth-order valence-corrected chi connectivity index (χ4v) is 5.09. The van der Waals surface area contributed by atoms with E-state index in [2.05, 4.69) is 30.4 Å². The van der Waals surface area contributed by atoms with Gasteiger partial charge < -0.3 is 5.73 Å². The van der Waals surface area contributed by atoms with E-state index in [0.717, 1.165) is 24.9 Å². The first-order chi connectivity index (χ1) is 10.7. The molecule has 1 fully saturated rings. The van der Waals surface area contributed by atoms with Crippen LogP contribution in [-0.2, 0) is 16.6 Å². The smallest absolute Gasteiger partial charge is 0.144 e. The number of rotatable bonds is 0. The van der Waals surface area contributed by atoms with Gasteiger partial charge in [-0.1, -0.05) is 24.3 Å². The molecule has 0 amide bonds. The van der Waals surface area contributed by atoms with Crippen LogP contribution in [0, 0.1) is 11.8 Å². The van der Waals surface area contributed by atoms with Gasteiger partial charge in [-0.2, -0.15) is 0 Å². The summed E-state index contributed by atoms with van der Waals surface area (Å²) in [4.78, 5) is 12.9. The topological polar surface area (TPSA) is 43.1 Å². The van der Waals surface area contributed by atoms with Crippen LogP contribution < -0.4 is 5.73 Å². The molecule has 0 radical (unpaired) electrons. The van der Waals surface area contributed by atoms with Gasteiger partial charge in [-0.15, -0.1) is 0 Å². The highest BCUT2D eigenvalue weighted by molar-refractivity contribution is 5.97. The number of hydrogen-bond donors (Lipinski definition) is 1. The van der Waals surface area contributed by atoms with Crippen LogP contribution in [0.2, 0.25) is 0 Å². The molecule has 2 N–H and O–H groups in total. The van der Waals surface area contributed by atoms with Crippen LogP contribution in [0.4, 0.5) is 5.69 Å². The number of nitrogen functional groups attached to an aromatic ring is 1. The Balaban J connectivity index is 1.80. The summed E-state index contributed by atoms with van der Waals surface area (Å²) in [6.07, 6.45) is 8.36. The lowest BCUT2D eigenvalue weighted by molar-refractivity contribution is -0.126. The molecule has 2 aromatic carbocycles. The first-order valence-corrected chi connectivity index (χ1v) is 8.21. The van der Waals surface area contributed by atoms with Crippen molar-refractivity contribution in [1.82, 2.24) is 0 Å². The second kappa shape index (κ2) is 4.01. The summed E-state index contributed by atoms with van der Waals surface area (Å²) >= 11 is 0. The summed E-state index contributed by atoms with van der Waals surface area (Å²) in [7, 11) is 0. The number of anilines is 1. The molecule has 3 aliphatic rings. The van der Waals surface area contributed by atoms with Crippen LogP contribution in [0.1, 0.15) is 30.4 Å². The zero-order valence-corrected chi connectivity index (χ0v) is 12.5. The van der Waals surface area contributed by atoms with Crippen LogP contribution in [0.25, 0.3) is 10.8 Å². The van der Waals surface area contributed by atoms with Crippen molar-refractivity contribution in [3.05, 3.63) is 53.6 Å². The summed E-state index contributed by atoms with van der Waals surface area (Å²) in [6.45, 7) is 0. The molecule has 0 aromatic heterocycles. The Morgan fingerprint density at radius 2 is 1.95 bits per heavy atom. The number of carbonyl (C=O) groups is 1. The first kappa shape index (κ1) is 12.5. The second-order valence-corrected chi connectivity index (χ2v) is 7.20. The van der Waals surface area contributed by atoms with Crippen molar-refractivity contribution >= 4 is 22.2 Å². The zero-order chi connectivity index (χ0) is 14.9. The molecular weight excluding hydrogens is 270 g/mol. The van der Waals surface area contributed by atoms with Crippen molar-refractivity contribution in [3.63, 3.8) is 0 Å². The molecular formula is C20H19NO. The maximum Gasteiger partial charge on any atom is 0.144 e. The van der Waals surface area contributed by atoms with Gasteiger partial charge in [-0.3, -0.25) is 4.79 Å². The molecule has 2 heteroatoms. The van der Waals surface area contributed by atoms with E-state index in [-0.39, 0.29) is 5.41 Å². The van der Waals surface area contributed by atoms with Gasteiger partial charge in [0.2, 0.25) is 0 Å². The number of Topliss-reactive ketones (excluding diaryl/α,β-unsaturated/α-hetero) is 1. The third kappa shape index (κ3) is 1.43. The number of hydrogen-bond acceptors (Lipinski definition) is 2.